The van der Waals surface area contributed by atoms with E-state index in [0.29, 0.717) is 17.2 Å². The number of nitrogens with zero attached hydrogens (tertiary/aromatic N) is 4. The monoisotopic (exact) mass is 393 g/mol. The topological polar surface area (TPSA) is 99.8 Å². The smallest absolute Gasteiger partial charge is 0.356 e. The molecule has 0 aliphatic carbocycles. The first-order valence-electron chi connectivity index (χ1n) is 9.77. The zero-order chi connectivity index (χ0) is 20.4. The minimum atomic E-state index is -1.10. The maximum Gasteiger partial charge on any atom is 0.356 e. The van der Waals surface area contributed by atoms with Gasteiger partial charge in [-0.2, -0.15) is 0 Å². The quantitative estimate of drug-likeness (QED) is 0.687. The summed E-state index contributed by atoms with van der Waals surface area (Å²) in [6.07, 6.45) is 6.54. The van der Waals surface area contributed by atoms with Crippen LogP contribution in [-0.4, -0.2) is 38.5 Å². The van der Waals surface area contributed by atoms with Crippen LogP contribution in [0.5, 0.6) is 0 Å². The number of fused-ring (bicyclic) bond motifs is 1. The van der Waals surface area contributed by atoms with Crippen LogP contribution in [0.3, 0.4) is 0 Å². The molecule has 150 valence electrons. The molecular weight excluding hydrogens is 370 g/mol. The van der Waals surface area contributed by atoms with Gasteiger partial charge in [0, 0.05) is 37.1 Å². The Hall–Kier alpha value is -3.42. The van der Waals surface area contributed by atoms with Crippen molar-refractivity contribution >= 4 is 23.1 Å². The summed E-state index contributed by atoms with van der Waals surface area (Å²) in [7, 11) is 0. The molecule has 0 spiro atoms. The van der Waals surface area contributed by atoms with Gasteiger partial charge in [-0.1, -0.05) is 6.07 Å². The molecule has 0 amide bonds. The van der Waals surface area contributed by atoms with Crippen LogP contribution < -0.4 is 15.8 Å². The van der Waals surface area contributed by atoms with Crippen molar-refractivity contribution in [2.24, 2.45) is 0 Å². The van der Waals surface area contributed by atoms with Crippen molar-refractivity contribution in [1.82, 2.24) is 14.4 Å². The van der Waals surface area contributed by atoms with E-state index in [1.165, 1.54) is 17.0 Å². The van der Waals surface area contributed by atoms with E-state index in [4.69, 9.17) is 4.98 Å². The highest BCUT2D eigenvalue weighted by molar-refractivity contribution is 5.91. The Bertz CT molecular complexity index is 1100. The second-order valence-corrected chi connectivity index (χ2v) is 7.23. The summed E-state index contributed by atoms with van der Waals surface area (Å²) in [6.45, 7) is 3.71. The van der Waals surface area contributed by atoms with Crippen LogP contribution in [-0.2, 0) is 0 Å². The summed E-state index contributed by atoms with van der Waals surface area (Å²) in [6, 6.07) is 8.36. The summed E-state index contributed by atoms with van der Waals surface area (Å²) >= 11 is 0. The third-order valence-electron chi connectivity index (χ3n) is 5.24. The van der Waals surface area contributed by atoms with Crippen molar-refractivity contribution in [2.45, 2.75) is 32.2 Å². The number of nitrogens with one attached hydrogen (secondary N) is 1. The van der Waals surface area contributed by atoms with Crippen molar-refractivity contribution in [3.05, 3.63) is 64.3 Å². The fourth-order valence-electron chi connectivity index (χ4n) is 3.76. The minimum Gasteiger partial charge on any atom is -0.476 e. The lowest BCUT2D eigenvalue weighted by Gasteiger charge is -2.28. The molecule has 1 fully saturated rings. The Labute approximate surface area is 167 Å². The molecule has 29 heavy (non-hydrogen) atoms. The predicted octanol–water partition coefficient (Wildman–Crippen LogP) is 2.95. The van der Waals surface area contributed by atoms with Crippen molar-refractivity contribution in [3.63, 3.8) is 0 Å². The van der Waals surface area contributed by atoms with Crippen molar-refractivity contribution < 1.29 is 9.90 Å². The maximum absolute atomic E-state index is 12.7. The number of pyridine rings is 2. The molecule has 4 rings (SSSR count). The molecule has 1 atom stereocenters. The van der Waals surface area contributed by atoms with Gasteiger partial charge in [-0.3, -0.25) is 9.20 Å². The average molecular weight is 393 g/mol. The van der Waals surface area contributed by atoms with Gasteiger partial charge < -0.3 is 15.3 Å². The molecule has 2 N–H and O–H groups in total. The molecule has 0 aromatic carbocycles. The first-order valence-corrected chi connectivity index (χ1v) is 9.77. The summed E-state index contributed by atoms with van der Waals surface area (Å²) < 4.78 is 1.53. The summed E-state index contributed by atoms with van der Waals surface area (Å²) in [5, 5.41) is 12.6. The second kappa shape index (κ2) is 7.90. The van der Waals surface area contributed by atoms with E-state index < -0.39 is 5.97 Å². The fraction of sp³-hybridized carbons (Fsp3) is 0.333. The molecule has 1 aliphatic heterocycles. The number of hydrogen-bond donors (Lipinski definition) is 2. The van der Waals surface area contributed by atoms with Gasteiger partial charge in [0.2, 0.25) is 0 Å². The van der Waals surface area contributed by atoms with Gasteiger partial charge in [-0.05, 0) is 44.4 Å². The molecule has 3 aromatic heterocycles. The number of aromatic nitrogens is 3. The number of carbonyl (C=O) groups is 1. The highest BCUT2D eigenvalue weighted by atomic mass is 16.4. The Balaban J connectivity index is 1.74. The van der Waals surface area contributed by atoms with Gasteiger partial charge in [-0.25, -0.2) is 14.8 Å². The Morgan fingerprint density at radius 1 is 1.21 bits per heavy atom. The first kappa shape index (κ1) is 18.9. The zero-order valence-electron chi connectivity index (χ0n) is 16.2. The molecule has 0 bridgehead atoms. The average Bonchev–Trinajstić information content (AvgIpc) is 2.74. The highest BCUT2D eigenvalue weighted by Crippen LogP contribution is 2.25. The van der Waals surface area contributed by atoms with Crippen LogP contribution in [0.2, 0.25) is 0 Å². The van der Waals surface area contributed by atoms with E-state index in [-0.39, 0.29) is 17.3 Å². The molecule has 8 heteroatoms. The molecule has 0 unspecified atom stereocenters. The van der Waals surface area contributed by atoms with Gasteiger partial charge in [0.1, 0.15) is 11.5 Å². The molecule has 0 radical (unpaired) electrons. The first-order chi connectivity index (χ1) is 14.0. The van der Waals surface area contributed by atoms with Gasteiger partial charge in [0.05, 0.1) is 11.7 Å². The number of rotatable bonds is 5. The van der Waals surface area contributed by atoms with E-state index in [1.807, 2.05) is 13.0 Å². The van der Waals surface area contributed by atoms with Crippen LogP contribution in [0.25, 0.3) is 5.65 Å². The molecule has 0 saturated carbocycles. The van der Waals surface area contributed by atoms with Gasteiger partial charge in [0.25, 0.3) is 5.56 Å². The Morgan fingerprint density at radius 3 is 2.76 bits per heavy atom. The Morgan fingerprint density at radius 2 is 2.00 bits per heavy atom. The third-order valence-corrected chi connectivity index (χ3v) is 5.24. The number of hydrogen-bond acceptors (Lipinski definition) is 6. The standard InChI is InChI=1S/C21H23N5O3/c1-14(23-16-8-5-9-22-19(16)21(28)29)15-7-6-12-26-18(27)13-17(24-20(15)26)25-10-3-2-4-11-25/h5-9,12-14,23H,2-4,10-11H2,1H3,(H,28,29)/t14-/m1/s1. The van der Waals surface area contributed by atoms with E-state index >= 15 is 0 Å². The van der Waals surface area contributed by atoms with Crippen LogP contribution in [0.15, 0.2) is 47.5 Å². The number of anilines is 2. The fourth-order valence-corrected chi connectivity index (χ4v) is 3.76. The SMILES string of the molecule is C[C@@H](Nc1cccnc1C(=O)O)c1cccn2c(=O)cc(N3CCCCC3)nc12. The lowest BCUT2D eigenvalue weighted by atomic mass is 10.1. The van der Waals surface area contributed by atoms with Crippen molar-refractivity contribution in [2.75, 3.05) is 23.3 Å². The normalized spacial score (nSPS) is 15.3. The molecule has 4 heterocycles. The minimum absolute atomic E-state index is 0.0429. The van der Waals surface area contributed by atoms with E-state index in [0.717, 1.165) is 31.5 Å². The summed E-state index contributed by atoms with van der Waals surface area (Å²) in [4.78, 5) is 35.0. The van der Waals surface area contributed by atoms with E-state index in [1.54, 1.807) is 30.5 Å². The van der Waals surface area contributed by atoms with E-state index in [9.17, 15) is 14.7 Å². The lowest BCUT2D eigenvalue weighted by Crippen LogP contribution is -2.32. The molecule has 3 aromatic rings. The van der Waals surface area contributed by atoms with Crippen LogP contribution in [0, 0.1) is 0 Å². The lowest BCUT2D eigenvalue weighted by molar-refractivity contribution is 0.0691. The van der Waals surface area contributed by atoms with E-state index in [2.05, 4.69) is 15.2 Å². The van der Waals surface area contributed by atoms with Crippen molar-refractivity contribution in [1.29, 1.82) is 0 Å². The Kier molecular flexibility index (Phi) is 5.16. The molecular formula is C21H23N5O3. The second-order valence-electron chi connectivity index (χ2n) is 7.23. The van der Waals surface area contributed by atoms with Crippen LogP contribution in [0.4, 0.5) is 11.5 Å². The van der Waals surface area contributed by atoms with Gasteiger partial charge in [-0.15, -0.1) is 0 Å². The maximum atomic E-state index is 12.7. The third kappa shape index (κ3) is 3.78. The number of carboxylic acids is 1. The van der Waals surface area contributed by atoms with Crippen LogP contribution >= 0.6 is 0 Å². The number of piperidine rings is 1. The van der Waals surface area contributed by atoms with Crippen molar-refractivity contribution in [3.8, 4) is 0 Å². The molecule has 8 nitrogen and oxygen atoms in total. The largest absolute Gasteiger partial charge is 0.476 e. The number of aromatic carboxylic acids is 1. The molecule has 1 saturated heterocycles. The summed E-state index contributed by atoms with van der Waals surface area (Å²) in [5.74, 6) is -0.401. The predicted molar refractivity (Wildman–Crippen MR) is 111 cm³/mol. The van der Waals surface area contributed by atoms with Gasteiger partial charge in [0.15, 0.2) is 5.69 Å². The van der Waals surface area contributed by atoms with Crippen LogP contribution in [0.1, 0.15) is 48.3 Å². The van der Waals surface area contributed by atoms with Gasteiger partial charge >= 0.3 is 5.97 Å². The summed E-state index contributed by atoms with van der Waals surface area (Å²) in [5.41, 5.74) is 1.63. The highest BCUT2D eigenvalue weighted by Gasteiger charge is 2.19. The zero-order valence-corrected chi connectivity index (χ0v) is 16.2. The number of carboxylic acid groups (broad SMARTS) is 1. The molecule has 1 aliphatic rings.